The summed E-state index contributed by atoms with van der Waals surface area (Å²) in [7, 11) is 1.59. The van der Waals surface area contributed by atoms with Crippen molar-refractivity contribution in [3.8, 4) is 0 Å². The largest absolute Gasteiger partial charge is 0.397 e. The number of halogens is 2. The smallest absolute Gasteiger partial charge is 0.169 e. The lowest BCUT2D eigenvalue weighted by molar-refractivity contribution is 0.205. The predicted octanol–water partition coefficient (Wildman–Crippen LogP) is 2.12. The number of nitrogen functional groups attached to an aromatic ring is 2. The number of ether oxygens (including phenoxy) is 1. The van der Waals surface area contributed by atoms with Crippen LogP contribution in [0, 0.1) is 5.82 Å². The fourth-order valence-electron chi connectivity index (χ4n) is 1.61. The number of methoxy groups -OCH3 is 1. The minimum atomic E-state index is -0.581. The summed E-state index contributed by atoms with van der Waals surface area (Å²) in [6.07, 6.45) is 0. The summed E-state index contributed by atoms with van der Waals surface area (Å²) in [5.74, 6) is -0.581. The highest BCUT2D eigenvalue weighted by Crippen LogP contribution is 2.35. The Morgan fingerprint density at radius 2 is 2.06 bits per heavy atom. The Morgan fingerprint density at radius 1 is 1.41 bits per heavy atom. The first kappa shape index (κ1) is 13.9. The Kier molecular flexibility index (Phi) is 4.84. The molecule has 0 fully saturated rings. The molecule has 96 valence electrons. The van der Waals surface area contributed by atoms with E-state index in [0.29, 0.717) is 19.7 Å². The number of anilines is 3. The molecule has 0 saturated heterocycles. The second-order valence-corrected chi connectivity index (χ2v) is 3.98. The first-order chi connectivity index (χ1) is 8.02. The molecule has 0 atom stereocenters. The molecule has 0 aromatic heterocycles. The zero-order valence-electron chi connectivity index (χ0n) is 9.96. The average Bonchev–Trinajstić information content (AvgIpc) is 2.30. The molecular formula is C11H17ClFN3O. The van der Waals surface area contributed by atoms with Crippen LogP contribution < -0.4 is 16.4 Å². The normalized spacial score (nSPS) is 10.6. The molecule has 17 heavy (non-hydrogen) atoms. The van der Waals surface area contributed by atoms with Crippen molar-refractivity contribution in [2.24, 2.45) is 0 Å². The van der Waals surface area contributed by atoms with Crippen molar-refractivity contribution < 1.29 is 9.13 Å². The molecule has 0 radical (unpaired) electrons. The van der Waals surface area contributed by atoms with Gasteiger partial charge in [-0.05, 0) is 13.0 Å². The first-order valence-electron chi connectivity index (χ1n) is 5.29. The summed E-state index contributed by atoms with van der Waals surface area (Å²) in [6.45, 7) is 3.52. The van der Waals surface area contributed by atoms with Gasteiger partial charge in [0.25, 0.3) is 0 Å². The molecule has 0 amide bonds. The number of benzene rings is 1. The zero-order chi connectivity index (χ0) is 13.0. The summed E-state index contributed by atoms with van der Waals surface area (Å²) in [5.41, 5.74) is 12.0. The van der Waals surface area contributed by atoms with Gasteiger partial charge in [0.2, 0.25) is 0 Å². The van der Waals surface area contributed by atoms with Gasteiger partial charge < -0.3 is 21.1 Å². The highest BCUT2D eigenvalue weighted by molar-refractivity contribution is 6.33. The van der Waals surface area contributed by atoms with E-state index in [1.54, 1.807) is 12.0 Å². The summed E-state index contributed by atoms with van der Waals surface area (Å²) < 4.78 is 19.0. The Bertz CT molecular complexity index is 401. The molecule has 6 heteroatoms. The molecule has 0 heterocycles. The van der Waals surface area contributed by atoms with Crippen LogP contribution in [0.2, 0.25) is 5.02 Å². The molecule has 1 aromatic rings. The van der Waals surface area contributed by atoms with Crippen LogP contribution in [-0.2, 0) is 4.74 Å². The van der Waals surface area contributed by atoms with Gasteiger partial charge in [0.15, 0.2) is 5.82 Å². The highest BCUT2D eigenvalue weighted by Gasteiger charge is 2.18. The van der Waals surface area contributed by atoms with E-state index in [1.165, 1.54) is 6.07 Å². The predicted molar refractivity (Wildman–Crippen MR) is 70.0 cm³/mol. The molecule has 0 aliphatic heterocycles. The monoisotopic (exact) mass is 261 g/mol. The molecule has 0 unspecified atom stereocenters. The third kappa shape index (κ3) is 2.92. The summed E-state index contributed by atoms with van der Waals surface area (Å²) in [5, 5.41) is -0.0925. The molecule has 4 N–H and O–H groups in total. The molecule has 0 spiro atoms. The van der Waals surface area contributed by atoms with Crippen LogP contribution in [0.3, 0.4) is 0 Å². The summed E-state index contributed by atoms with van der Waals surface area (Å²) >= 11 is 5.78. The van der Waals surface area contributed by atoms with Crippen LogP contribution in [0.5, 0.6) is 0 Å². The maximum absolute atomic E-state index is 14.0. The first-order valence-corrected chi connectivity index (χ1v) is 5.67. The molecule has 4 nitrogen and oxygen atoms in total. The zero-order valence-corrected chi connectivity index (χ0v) is 10.7. The van der Waals surface area contributed by atoms with Crippen LogP contribution in [0.1, 0.15) is 6.92 Å². The number of nitrogens with zero attached hydrogens (tertiary/aromatic N) is 1. The topological polar surface area (TPSA) is 64.5 Å². The summed E-state index contributed by atoms with van der Waals surface area (Å²) in [4.78, 5) is 1.76. The fraction of sp³-hybridized carbons (Fsp3) is 0.455. The second kappa shape index (κ2) is 5.93. The third-order valence-corrected chi connectivity index (χ3v) is 2.89. The standard InChI is InChI=1S/C11H17ClFN3O/c1-3-16(4-5-17-2)11-8(15)6-7(14)9(12)10(11)13/h6H,3-5,14-15H2,1-2H3. The average molecular weight is 262 g/mol. The number of rotatable bonds is 5. The maximum Gasteiger partial charge on any atom is 0.169 e. The fourth-order valence-corrected chi connectivity index (χ4v) is 1.75. The van der Waals surface area contributed by atoms with Gasteiger partial charge in [0.05, 0.1) is 23.7 Å². The maximum atomic E-state index is 14.0. The minimum Gasteiger partial charge on any atom is -0.397 e. The van der Waals surface area contributed by atoms with E-state index in [4.69, 9.17) is 27.8 Å². The third-order valence-electron chi connectivity index (χ3n) is 2.50. The van der Waals surface area contributed by atoms with Crippen LogP contribution in [0.4, 0.5) is 21.5 Å². The second-order valence-electron chi connectivity index (χ2n) is 3.60. The van der Waals surface area contributed by atoms with E-state index in [1.807, 2.05) is 6.92 Å². The van der Waals surface area contributed by atoms with Crippen molar-refractivity contribution in [3.63, 3.8) is 0 Å². The van der Waals surface area contributed by atoms with Crippen molar-refractivity contribution in [2.45, 2.75) is 6.92 Å². The molecule has 0 saturated carbocycles. The molecule has 0 aliphatic carbocycles. The van der Waals surface area contributed by atoms with E-state index in [0.717, 1.165) is 0 Å². The Balaban J connectivity index is 3.14. The van der Waals surface area contributed by atoms with Crippen molar-refractivity contribution in [2.75, 3.05) is 43.2 Å². The van der Waals surface area contributed by atoms with Crippen molar-refractivity contribution in [1.82, 2.24) is 0 Å². The number of likely N-dealkylation sites (N-methyl/N-ethyl adjacent to an activating group) is 1. The Hall–Kier alpha value is -1.20. The van der Waals surface area contributed by atoms with Crippen molar-refractivity contribution in [1.29, 1.82) is 0 Å². The molecule has 1 rings (SSSR count). The van der Waals surface area contributed by atoms with Gasteiger partial charge in [-0.1, -0.05) is 11.6 Å². The molecule has 0 aliphatic rings. The molecule has 0 bridgehead atoms. The van der Waals surface area contributed by atoms with Crippen molar-refractivity contribution in [3.05, 3.63) is 16.9 Å². The Labute approximate surface area is 105 Å². The Morgan fingerprint density at radius 3 is 2.59 bits per heavy atom. The van der Waals surface area contributed by atoms with Gasteiger partial charge in [-0.2, -0.15) is 0 Å². The molecular weight excluding hydrogens is 245 g/mol. The SMILES string of the molecule is CCN(CCOC)c1c(N)cc(N)c(Cl)c1F. The van der Waals surface area contributed by atoms with Crippen LogP contribution in [0.15, 0.2) is 6.07 Å². The van der Waals surface area contributed by atoms with E-state index in [-0.39, 0.29) is 22.1 Å². The van der Waals surface area contributed by atoms with Gasteiger partial charge in [-0.15, -0.1) is 0 Å². The van der Waals surface area contributed by atoms with Gasteiger partial charge in [-0.3, -0.25) is 0 Å². The minimum absolute atomic E-state index is 0.0925. The molecule has 1 aromatic carbocycles. The van der Waals surface area contributed by atoms with E-state index >= 15 is 0 Å². The highest BCUT2D eigenvalue weighted by atomic mass is 35.5. The van der Waals surface area contributed by atoms with E-state index in [9.17, 15) is 4.39 Å². The lowest BCUT2D eigenvalue weighted by Crippen LogP contribution is -2.28. The van der Waals surface area contributed by atoms with Crippen molar-refractivity contribution >= 4 is 28.7 Å². The van der Waals surface area contributed by atoms with Crippen LogP contribution >= 0.6 is 11.6 Å². The van der Waals surface area contributed by atoms with Gasteiger partial charge in [0, 0.05) is 20.2 Å². The van der Waals surface area contributed by atoms with E-state index in [2.05, 4.69) is 0 Å². The number of hydrogen-bond acceptors (Lipinski definition) is 4. The number of nitrogens with two attached hydrogens (primary N) is 2. The van der Waals surface area contributed by atoms with Gasteiger partial charge >= 0.3 is 0 Å². The quantitative estimate of drug-likeness (QED) is 0.797. The lowest BCUT2D eigenvalue weighted by Gasteiger charge is -2.25. The van der Waals surface area contributed by atoms with E-state index < -0.39 is 5.82 Å². The van der Waals surface area contributed by atoms with Gasteiger partial charge in [-0.25, -0.2) is 4.39 Å². The summed E-state index contributed by atoms with van der Waals surface area (Å²) in [6, 6.07) is 1.47. The van der Waals surface area contributed by atoms with Crippen LogP contribution in [0.25, 0.3) is 0 Å². The lowest BCUT2D eigenvalue weighted by atomic mass is 10.2. The van der Waals surface area contributed by atoms with Gasteiger partial charge in [0.1, 0.15) is 5.02 Å². The van der Waals surface area contributed by atoms with Crippen LogP contribution in [-0.4, -0.2) is 26.8 Å². The number of hydrogen-bond donors (Lipinski definition) is 2.